The molecule has 3 nitrogen and oxygen atoms in total. The quantitative estimate of drug-likeness (QED) is 0.331. The van der Waals surface area contributed by atoms with Crippen LogP contribution in [-0.2, 0) is 37.5 Å². The van der Waals surface area contributed by atoms with Gasteiger partial charge in [0.25, 0.3) is 0 Å². The van der Waals surface area contributed by atoms with Gasteiger partial charge in [0.2, 0.25) is 0 Å². The van der Waals surface area contributed by atoms with Crippen LogP contribution in [0.2, 0.25) is 0 Å². The topological polar surface area (TPSA) is 30.5 Å². The lowest BCUT2D eigenvalue weighted by atomic mass is 9.98. The number of nitrogens with one attached hydrogen (secondary N) is 1. The molecular weight excluding hydrogens is 406 g/mol. The minimum atomic E-state index is -0.0270. The molecule has 3 heteroatoms. The zero-order valence-corrected chi connectivity index (χ0v) is 18.7. The third-order valence-corrected chi connectivity index (χ3v) is 6.12. The molecule has 0 saturated heterocycles. The van der Waals surface area contributed by atoms with Gasteiger partial charge in [-0.3, -0.25) is 0 Å². The number of rotatable bonds is 9. The molecular formula is C30H29NO2. The van der Waals surface area contributed by atoms with Crippen molar-refractivity contribution in [3.63, 3.8) is 0 Å². The molecule has 33 heavy (non-hydrogen) atoms. The molecule has 0 saturated carbocycles. The Morgan fingerprint density at radius 3 is 2.03 bits per heavy atom. The molecule has 4 aromatic carbocycles. The van der Waals surface area contributed by atoms with Gasteiger partial charge in [-0.25, -0.2) is 0 Å². The van der Waals surface area contributed by atoms with E-state index < -0.39 is 0 Å². The summed E-state index contributed by atoms with van der Waals surface area (Å²) < 4.78 is 12.4. The van der Waals surface area contributed by atoms with Crippen LogP contribution in [0, 0.1) is 0 Å². The Kier molecular flexibility index (Phi) is 6.81. The van der Waals surface area contributed by atoms with Gasteiger partial charge >= 0.3 is 0 Å². The van der Waals surface area contributed by atoms with Crippen LogP contribution < -0.4 is 10.1 Å². The van der Waals surface area contributed by atoms with E-state index in [2.05, 4.69) is 72.0 Å². The molecule has 0 fully saturated rings. The molecule has 1 heterocycles. The first-order valence-corrected chi connectivity index (χ1v) is 11.6. The van der Waals surface area contributed by atoms with E-state index >= 15 is 0 Å². The molecule has 0 bridgehead atoms. The van der Waals surface area contributed by atoms with Crippen LogP contribution in [-0.4, -0.2) is 0 Å². The summed E-state index contributed by atoms with van der Waals surface area (Å²) in [5.74, 6) is 0.869. The van der Waals surface area contributed by atoms with Crippen LogP contribution in [0.4, 0.5) is 0 Å². The molecule has 1 N–H and O–H groups in total. The molecule has 5 rings (SSSR count). The molecule has 0 spiro atoms. The Labute approximate surface area is 196 Å². The van der Waals surface area contributed by atoms with Crippen LogP contribution in [0.15, 0.2) is 103 Å². The zero-order chi connectivity index (χ0) is 22.3. The lowest BCUT2D eigenvalue weighted by molar-refractivity contribution is 0.0398. The summed E-state index contributed by atoms with van der Waals surface area (Å²) in [6.45, 7) is 3.07. The second-order valence-corrected chi connectivity index (χ2v) is 8.54. The van der Waals surface area contributed by atoms with Crippen molar-refractivity contribution in [2.45, 2.75) is 38.8 Å². The number of ether oxygens (including phenoxy) is 2. The monoisotopic (exact) mass is 435 g/mol. The highest BCUT2D eigenvalue weighted by Gasteiger charge is 2.16. The molecule has 0 amide bonds. The fourth-order valence-electron chi connectivity index (χ4n) is 4.25. The molecule has 1 aliphatic heterocycles. The summed E-state index contributed by atoms with van der Waals surface area (Å²) >= 11 is 0. The number of fused-ring (bicyclic) bond motifs is 1. The molecule has 1 atom stereocenters. The molecule has 0 radical (unpaired) electrons. The second-order valence-electron chi connectivity index (χ2n) is 8.54. The van der Waals surface area contributed by atoms with E-state index in [0.717, 1.165) is 36.4 Å². The first kappa shape index (κ1) is 21.4. The van der Waals surface area contributed by atoms with Crippen molar-refractivity contribution in [3.8, 4) is 5.75 Å². The van der Waals surface area contributed by atoms with Gasteiger partial charge in [-0.15, -0.1) is 0 Å². The van der Waals surface area contributed by atoms with E-state index in [9.17, 15) is 0 Å². The Hall–Kier alpha value is -3.40. The molecule has 1 unspecified atom stereocenters. The van der Waals surface area contributed by atoms with E-state index in [0.29, 0.717) is 13.2 Å². The predicted molar refractivity (Wildman–Crippen MR) is 132 cm³/mol. The highest BCUT2D eigenvalue weighted by atomic mass is 16.5. The minimum Gasteiger partial charge on any atom is -0.489 e. The number of hydrogen-bond donors (Lipinski definition) is 1. The second kappa shape index (κ2) is 10.5. The van der Waals surface area contributed by atoms with E-state index in [-0.39, 0.29) is 6.10 Å². The maximum atomic E-state index is 6.45. The number of benzene rings is 4. The van der Waals surface area contributed by atoms with Crippen molar-refractivity contribution in [2.24, 2.45) is 0 Å². The normalized spacial score (nSPS) is 13.5. The molecule has 0 aliphatic carbocycles. The van der Waals surface area contributed by atoms with Crippen molar-refractivity contribution in [1.82, 2.24) is 5.32 Å². The Bertz CT molecular complexity index is 1160. The number of hydrogen-bond acceptors (Lipinski definition) is 3. The Balaban J connectivity index is 1.30. The summed E-state index contributed by atoms with van der Waals surface area (Å²) in [6.07, 6.45) is 0.811. The van der Waals surface area contributed by atoms with Gasteiger partial charge in [-0.1, -0.05) is 91.0 Å². The summed E-state index contributed by atoms with van der Waals surface area (Å²) in [5, 5.41) is 3.43. The van der Waals surface area contributed by atoms with Crippen LogP contribution in [0.25, 0.3) is 0 Å². The van der Waals surface area contributed by atoms with Crippen molar-refractivity contribution < 1.29 is 9.47 Å². The average molecular weight is 436 g/mol. The first-order chi connectivity index (χ1) is 16.3. The van der Waals surface area contributed by atoms with Gasteiger partial charge in [0.05, 0.1) is 12.7 Å². The fraction of sp³-hybridized carbons (Fsp3) is 0.200. The first-order valence-electron chi connectivity index (χ1n) is 11.6. The summed E-state index contributed by atoms with van der Waals surface area (Å²) in [6, 6.07) is 35.8. The minimum absolute atomic E-state index is 0.0270. The van der Waals surface area contributed by atoms with Crippen molar-refractivity contribution in [1.29, 1.82) is 0 Å². The zero-order valence-electron chi connectivity index (χ0n) is 18.7. The maximum Gasteiger partial charge on any atom is 0.119 e. The van der Waals surface area contributed by atoms with Crippen molar-refractivity contribution >= 4 is 0 Å². The van der Waals surface area contributed by atoms with Crippen LogP contribution in [0.5, 0.6) is 5.75 Å². The lowest BCUT2D eigenvalue weighted by Gasteiger charge is -2.20. The van der Waals surface area contributed by atoms with Gasteiger partial charge in [0.15, 0.2) is 0 Å². The Morgan fingerprint density at radius 1 is 0.636 bits per heavy atom. The third kappa shape index (κ3) is 5.70. The van der Waals surface area contributed by atoms with E-state index in [1.807, 2.05) is 36.4 Å². The molecule has 1 aliphatic rings. The van der Waals surface area contributed by atoms with Gasteiger partial charge < -0.3 is 14.8 Å². The summed E-state index contributed by atoms with van der Waals surface area (Å²) in [4.78, 5) is 0. The molecule has 0 aromatic heterocycles. The van der Waals surface area contributed by atoms with Crippen LogP contribution in [0.3, 0.4) is 0 Å². The smallest absolute Gasteiger partial charge is 0.119 e. The average Bonchev–Trinajstić information content (AvgIpc) is 3.35. The standard InChI is InChI=1S/C30H29NO2/c1-3-7-23(8-4-1)21-32-29-15-13-26(14-16-29)30(33-22-24-9-5-2-6-10-24)18-25-11-12-27-19-31-20-28(27)17-25/h1-17,30-31H,18-22H2. The van der Waals surface area contributed by atoms with Crippen molar-refractivity contribution in [3.05, 3.63) is 137 Å². The Morgan fingerprint density at radius 2 is 1.30 bits per heavy atom. The fourth-order valence-corrected chi connectivity index (χ4v) is 4.25. The summed E-state index contributed by atoms with van der Waals surface area (Å²) in [7, 11) is 0. The maximum absolute atomic E-state index is 6.45. The van der Waals surface area contributed by atoms with Gasteiger partial charge in [0, 0.05) is 19.5 Å². The van der Waals surface area contributed by atoms with Crippen molar-refractivity contribution in [2.75, 3.05) is 0 Å². The van der Waals surface area contributed by atoms with Crippen LogP contribution in [0.1, 0.15) is 39.5 Å². The SMILES string of the molecule is c1ccc(COc2ccc(C(Cc3ccc4c(c3)CNC4)OCc3ccccc3)cc2)cc1. The van der Waals surface area contributed by atoms with E-state index in [1.54, 1.807) is 0 Å². The highest BCUT2D eigenvalue weighted by Crippen LogP contribution is 2.28. The highest BCUT2D eigenvalue weighted by molar-refractivity contribution is 5.36. The van der Waals surface area contributed by atoms with Gasteiger partial charge in [-0.05, 0) is 45.5 Å². The largest absolute Gasteiger partial charge is 0.489 e. The van der Waals surface area contributed by atoms with E-state index in [1.165, 1.54) is 22.3 Å². The van der Waals surface area contributed by atoms with Gasteiger partial charge in [-0.2, -0.15) is 0 Å². The lowest BCUT2D eigenvalue weighted by Crippen LogP contribution is -2.09. The summed E-state index contributed by atoms with van der Waals surface area (Å²) in [5.41, 5.74) is 7.62. The van der Waals surface area contributed by atoms with E-state index in [4.69, 9.17) is 9.47 Å². The van der Waals surface area contributed by atoms with Crippen LogP contribution >= 0.6 is 0 Å². The molecule has 4 aromatic rings. The third-order valence-electron chi connectivity index (χ3n) is 6.12. The predicted octanol–water partition coefficient (Wildman–Crippen LogP) is 6.37. The molecule has 166 valence electrons. The van der Waals surface area contributed by atoms with Gasteiger partial charge in [0.1, 0.15) is 12.4 Å².